The number of para-hydroxylation sites is 1. The number of carbonyl (C=O) groups is 2. The lowest BCUT2D eigenvalue weighted by molar-refractivity contribution is -0.136. The second-order valence-electron chi connectivity index (χ2n) is 3.87. The maximum absolute atomic E-state index is 11.8. The first-order valence-corrected chi connectivity index (χ1v) is 6.67. The SMILES string of the molecule is O=C(O)CCc1ccccc1NC(=O)Nc1nncs1. The molecule has 0 aliphatic heterocycles. The lowest BCUT2D eigenvalue weighted by atomic mass is 10.1. The van der Waals surface area contributed by atoms with Crippen LogP contribution in [0.15, 0.2) is 29.8 Å². The molecule has 0 unspecified atom stereocenters. The van der Waals surface area contributed by atoms with Crippen LogP contribution in [0.4, 0.5) is 15.6 Å². The highest BCUT2D eigenvalue weighted by Gasteiger charge is 2.09. The number of hydrogen-bond donors (Lipinski definition) is 3. The van der Waals surface area contributed by atoms with Crippen LogP contribution in [0, 0.1) is 0 Å². The molecule has 8 heteroatoms. The lowest BCUT2D eigenvalue weighted by Crippen LogP contribution is -2.20. The number of aryl methyl sites for hydroxylation is 1. The van der Waals surface area contributed by atoms with Crippen LogP contribution in [0.5, 0.6) is 0 Å². The van der Waals surface area contributed by atoms with Crippen molar-refractivity contribution >= 4 is 34.2 Å². The van der Waals surface area contributed by atoms with Crippen molar-refractivity contribution in [3.63, 3.8) is 0 Å². The summed E-state index contributed by atoms with van der Waals surface area (Å²) in [6.07, 6.45) is 0.362. The van der Waals surface area contributed by atoms with Gasteiger partial charge in [0.25, 0.3) is 0 Å². The highest BCUT2D eigenvalue weighted by molar-refractivity contribution is 7.13. The van der Waals surface area contributed by atoms with Crippen molar-refractivity contribution in [2.75, 3.05) is 10.6 Å². The number of anilines is 2. The van der Waals surface area contributed by atoms with E-state index in [0.717, 1.165) is 5.56 Å². The van der Waals surface area contributed by atoms with Gasteiger partial charge in [-0.1, -0.05) is 29.5 Å². The molecule has 0 bridgehead atoms. The summed E-state index contributed by atoms with van der Waals surface area (Å²) >= 11 is 1.21. The molecule has 104 valence electrons. The van der Waals surface area contributed by atoms with Crippen molar-refractivity contribution in [2.24, 2.45) is 0 Å². The number of hydrogen-bond acceptors (Lipinski definition) is 5. The first-order chi connectivity index (χ1) is 9.65. The summed E-state index contributed by atoms with van der Waals surface area (Å²) in [7, 11) is 0. The van der Waals surface area contributed by atoms with Crippen LogP contribution < -0.4 is 10.6 Å². The van der Waals surface area contributed by atoms with E-state index in [2.05, 4.69) is 20.8 Å². The molecular formula is C12H12N4O3S. The molecule has 0 fully saturated rings. The number of benzene rings is 1. The van der Waals surface area contributed by atoms with Gasteiger partial charge in [-0.3, -0.25) is 10.1 Å². The minimum atomic E-state index is -0.877. The summed E-state index contributed by atoms with van der Waals surface area (Å²) in [5.74, 6) is -0.877. The summed E-state index contributed by atoms with van der Waals surface area (Å²) < 4.78 is 0. The maximum atomic E-state index is 11.8. The van der Waals surface area contributed by atoms with E-state index in [1.165, 1.54) is 16.8 Å². The van der Waals surface area contributed by atoms with Crippen LogP contribution in [0.1, 0.15) is 12.0 Å². The van der Waals surface area contributed by atoms with Gasteiger partial charge in [0, 0.05) is 12.1 Å². The molecule has 20 heavy (non-hydrogen) atoms. The van der Waals surface area contributed by atoms with Gasteiger partial charge in [-0.15, -0.1) is 10.2 Å². The third-order valence-corrected chi connectivity index (χ3v) is 3.06. The zero-order valence-corrected chi connectivity index (χ0v) is 11.2. The Kier molecular flexibility index (Phi) is 4.61. The van der Waals surface area contributed by atoms with Crippen molar-refractivity contribution < 1.29 is 14.7 Å². The molecular weight excluding hydrogens is 280 g/mol. The van der Waals surface area contributed by atoms with Crippen molar-refractivity contribution in [1.82, 2.24) is 10.2 Å². The van der Waals surface area contributed by atoms with Gasteiger partial charge in [0.1, 0.15) is 5.51 Å². The summed E-state index contributed by atoms with van der Waals surface area (Å²) in [6.45, 7) is 0. The van der Waals surface area contributed by atoms with Crippen LogP contribution in [-0.4, -0.2) is 27.3 Å². The zero-order valence-electron chi connectivity index (χ0n) is 10.4. The van der Waals surface area contributed by atoms with Gasteiger partial charge in [-0.05, 0) is 18.1 Å². The summed E-state index contributed by atoms with van der Waals surface area (Å²) in [4.78, 5) is 22.4. The molecule has 2 aromatic rings. The minimum absolute atomic E-state index is 0.0106. The molecule has 7 nitrogen and oxygen atoms in total. The molecule has 1 aromatic carbocycles. The number of nitrogens with zero attached hydrogens (tertiary/aromatic N) is 2. The molecule has 2 amide bonds. The zero-order chi connectivity index (χ0) is 14.4. The first kappa shape index (κ1) is 13.9. The van der Waals surface area contributed by atoms with Crippen LogP contribution >= 0.6 is 11.3 Å². The van der Waals surface area contributed by atoms with Crippen molar-refractivity contribution in [3.05, 3.63) is 35.3 Å². The predicted molar refractivity (Wildman–Crippen MR) is 74.9 cm³/mol. The number of carboxylic acids is 1. The van der Waals surface area contributed by atoms with Crippen LogP contribution in [0.2, 0.25) is 0 Å². The molecule has 1 heterocycles. The summed E-state index contributed by atoms with van der Waals surface area (Å²) in [5, 5.41) is 21.6. The molecule has 0 saturated carbocycles. The largest absolute Gasteiger partial charge is 0.481 e. The van der Waals surface area contributed by atoms with E-state index >= 15 is 0 Å². The smallest absolute Gasteiger partial charge is 0.325 e. The highest BCUT2D eigenvalue weighted by Crippen LogP contribution is 2.17. The highest BCUT2D eigenvalue weighted by atomic mass is 32.1. The van der Waals surface area contributed by atoms with Gasteiger partial charge in [-0.25, -0.2) is 4.79 Å². The topological polar surface area (TPSA) is 104 Å². The molecule has 0 aliphatic carbocycles. The van der Waals surface area contributed by atoms with Crippen molar-refractivity contribution in [2.45, 2.75) is 12.8 Å². The normalized spacial score (nSPS) is 10.0. The van der Waals surface area contributed by atoms with E-state index in [1.807, 2.05) is 0 Å². The summed E-state index contributed by atoms with van der Waals surface area (Å²) in [6, 6.07) is 6.63. The Bertz CT molecular complexity index is 601. The number of aromatic nitrogens is 2. The lowest BCUT2D eigenvalue weighted by Gasteiger charge is -2.10. The van der Waals surface area contributed by atoms with E-state index in [-0.39, 0.29) is 6.42 Å². The maximum Gasteiger partial charge on any atom is 0.325 e. The van der Waals surface area contributed by atoms with Gasteiger partial charge in [-0.2, -0.15) is 0 Å². The third kappa shape index (κ3) is 4.02. The van der Waals surface area contributed by atoms with Crippen LogP contribution in [-0.2, 0) is 11.2 Å². The quantitative estimate of drug-likeness (QED) is 0.783. The molecule has 3 N–H and O–H groups in total. The van der Waals surface area contributed by atoms with Crippen LogP contribution in [0.25, 0.3) is 0 Å². The van der Waals surface area contributed by atoms with Gasteiger partial charge in [0.15, 0.2) is 0 Å². The Labute approximate surface area is 118 Å². The van der Waals surface area contributed by atoms with Crippen molar-refractivity contribution in [1.29, 1.82) is 0 Å². The van der Waals surface area contributed by atoms with E-state index in [4.69, 9.17) is 5.11 Å². The molecule has 0 atom stereocenters. The first-order valence-electron chi connectivity index (χ1n) is 5.79. The van der Waals surface area contributed by atoms with Gasteiger partial charge >= 0.3 is 12.0 Å². The molecule has 1 aromatic heterocycles. The fourth-order valence-electron chi connectivity index (χ4n) is 1.58. The summed E-state index contributed by atoms with van der Waals surface area (Å²) in [5.41, 5.74) is 2.86. The number of rotatable bonds is 5. The Hall–Kier alpha value is -2.48. The molecule has 0 spiro atoms. The Balaban J connectivity index is 2.01. The number of amides is 2. The van der Waals surface area contributed by atoms with E-state index in [0.29, 0.717) is 17.2 Å². The average Bonchev–Trinajstić information content (AvgIpc) is 2.90. The number of urea groups is 1. The fourth-order valence-corrected chi connectivity index (χ4v) is 2.02. The number of nitrogens with one attached hydrogen (secondary N) is 2. The average molecular weight is 292 g/mol. The Morgan fingerprint density at radius 3 is 2.75 bits per heavy atom. The standard InChI is InChI=1S/C12H12N4O3S/c17-10(18)6-5-8-3-1-2-4-9(8)14-11(19)15-12-16-13-7-20-12/h1-4,7H,5-6H2,(H,17,18)(H2,14,15,16,19). The number of aliphatic carboxylic acids is 1. The Morgan fingerprint density at radius 1 is 1.25 bits per heavy atom. The van der Waals surface area contributed by atoms with Gasteiger partial charge < -0.3 is 10.4 Å². The molecule has 0 radical (unpaired) electrons. The minimum Gasteiger partial charge on any atom is -0.481 e. The molecule has 0 saturated heterocycles. The van der Waals surface area contributed by atoms with E-state index in [1.54, 1.807) is 24.3 Å². The number of carboxylic acid groups (broad SMARTS) is 1. The number of carbonyl (C=O) groups excluding carboxylic acids is 1. The third-order valence-electron chi connectivity index (χ3n) is 2.45. The second-order valence-corrected chi connectivity index (χ2v) is 4.71. The van der Waals surface area contributed by atoms with Crippen molar-refractivity contribution in [3.8, 4) is 0 Å². The predicted octanol–water partition coefficient (Wildman–Crippen LogP) is 2.20. The van der Waals surface area contributed by atoms with E-state index < -0.39 is 12.0 Å². The van der Waals surface area contributed by atoms with Gasteiger partial charge in [0.05, 0.1) is 0 Å². The van der Waals surface area contributed by atoms with Crippen LogP contribution in [0.3, 0.4) is 0 Å². The molecule has 2 rings (SSSR count). The monoisotopic (exact) mass is 292 g/mol. The fraction of sp³-hybridized carbons (Fsp3) is 0.167. The second kappa shape index (κ2) is 6.62. The van der Waals surface area contributed by atoms with Gasteiger partial charge in [0.2, 0.25) is 5.13 Å². The molecule has 0 aliphatic rings. The van der Waals surface area contributed by atoms with E-state index in [9.17, 15) is 9.59 Å². The Morgan fingerprint density at radius 2 is 2.05 bits per heavy atom.